The number of benzene rings is 1. The van der Waals surface area contributed by atoms with Gasteiger partial charge in [-0.3, -0.25) is 0 Å². The van der Waals surface area contributed by atoms with E-state index in [9.17, 15) is 0 Å². The molecule has 1 aromatic carbocycles. The lowest BCUT2D eigenvalue weighted by atomic mass is 10.2. The molecule has 1 N–H and O–H groups in total. The van der Waals surface area contributed by atoms with Crippen molar-refractivity contribution < 1.29 is 9.47 Å². The van der Waals surface area contributed by atoms with Crippen LogP contribution in [-0.2, 0) is 13.0 Å². The third-order valence-electron chi connectivity index (χ3n) is 3.59. The van der Waals surface area contributed by atoms with Gasteiger partial charge in [0, 0.05) is 23.9 Å². The number of hydrogen-bond donors (Lipinski definition) is 1. The Labute approximate surface area is 129 Å². The zero-order chi connectivity index (χ0) is 14.5. The molecule has 1 heterocycles. The molecular weight excluding hydrogens is 282 g/mol. The van der Waals surface area contributed by atoms with E-state index < -0.39 is 0 Å². The van der Waals surface area contributed by atoms with E-state index in [1.807, 2.05) is 6.07 Å². The molecule has 0 aliphatic heterocycles. The normalized spacial score (nSPS) is 14.1. The van der Waals surface area contributed by atoms with Crippen molar-refractivity contribution in [3.8, 4) is 11.5 Å². The minimum atomic E-state index is 0.677. The van der Waals surface area contributed by atoms with Crippen molar-refractivity contribution >= 4 is 11.3 Å². The van der Waals surface area contributed by atoms with Crippen molar-refractivity contribution in [1.82, 2.24) is 5.32 Å². The fourth-order valence-electron chi connectivity index (χ4n) is 2.21. The van der Waals surface area contributed by atoms with Gasteiger partial charge < -0.3 is 14.8 Å². The van der Waals surface area contributed by atoms with Gasteiger partial charge in [-0.15, -0.1) is 11.3 Å². The Morgan fingerprint density at radius 1 is 1.24 bits per heavy atom. The first-order chi connectivity index (χ1) is 10.3. The van der Waals surface area contributed by atoms with E-state index in [4.69, 9.17) is 9.47 Å². The largest absolute Gasteiger partial charge is 0.493 e. The van der Waals surface area contributed by atoms with Crippen LogP contribution < -0.4 is 14.8 Å². The molecule has 0 radical (unpaired) electrons. The molecule has 1 aliphatic carbocycles. The Morgan fingerprint density at radius 3 is 2.86 bits per heavy atom. The quantitative estimate of drug-likeness (QED) is 0.808. The maximum Gasteiger partial charge on any atom is 0.161 e. The van der Waals surface area contributed by atoms with Gasteiger partial charge in [-0.25, -0.2) is 0 Å². The predicted molar refractivity (Wildman–Crippen MR) is 86.4 cm³/mol. The van der Waals surface area contributed by atoms with Gasteiger partial charge in [0.1, 0.15) is 0 Å². The Hall–Kier alpha value is -1.52. The number of methoxy groups -OCH3 is 1. The molecule has 1 aromatic heterocycles. The molecule has 2 aromatic rings. The van der Waals surface area contributed by atoms with E-state index in [0.29, 0.717) is 6.61 Å². The van der Waals surface area contributed by atoms with Gasteiger partial charge >= 0.3 is 0 Å². The summed E-state index contributed by atoms with van der Waals surface area (Å²) in [5, 5.41) is 5.62. The summed E-state index contributed by atoms with van der Waals surface area (Å²) in [6.07, 6.45) is 3.55. The highest BCUT2D eigenvalue weighted by atomic mass is 32.1. The minimum absolute atomic E-state index is 0.677. The van der Waals surface area contributed by atoms with Gasteiger partial charge in [-0.2, -0.15) is 0 Å². The molecule has 0 saturated heterocycles. The lowest BCUT2D eigenvalue weighted by Gasteiger charge is -2.12. The van der Waals surface area contributed by atoms with Gasteiger partial charge in [0.25, 0.3) is 0 Å². The number of rotatable bonds is 8. The first kappa shape index (κ1) is 14.4. The molecule has 1 saturated carbocycles. The van der Waals surface area contributed by atoms with Crippen molar-refractivity contribution in [2.24, 2.45) is 0 Å². The van der Waals surface area contributed by atoms with Crippen molar-refractivity contribution in [2.45, 2.75) is 31.8 Å². The van der Waals surface area contributed by atoms with Crippen LogP contribution in [0.25, 0.3) is 0 Å². The van der Waals surface area contributed by atoms with Gasteiger partial charge in [0.2, 0.25) is 0 Å². The van der Waals surface area contributed by atoms with E-state index in [2.05, 4.69) is 35.0 Å². The van der Waals surface area contributed by atoms with Crippen LogP contribution in [0.2, 0.25) is 0 Å². The van der Waals surface area contributed by atoms with E-state index in [-0.39, 0.29) is 0 Å². The molecule has 1 aliphatic rings. The van der Waals surface area contributed by atoms with Crippen LogP contribution >= 0.6 is 11.3 Å². The van der Waals surface area contributed by atoms with E-state index in [1.165, 1.54) is 23.3 Å². The molecular formula is C17H21NO2S. The van der Waals surface area contributed by atoms with Crippen molar-refractivity contribution in [1.29, 1.82) is 0 Å². The van der Waals surface area contributed by atoms with Crippen LogP contribution in [0.4, 0.5) is 0 Å². The Balaban J connectivity index is 1.58. The number of thiophene rings is 1. The third-order valence-corrected chi connectivity index (χ3v) is 4.52. The average Bonchev–Trinajstić information content (AvgIpc) is 3.20. The molecule has 1 fully saturated rings. The van der Waals surface area contributed by atoms with Gasteiger partial charge in [0.15, 0.2) is 11.5 Å². The van der Waals surface area contributed by atoms with Gasteiger partial charge in [0.05, 0.1) is 13.7 Å². The lowest BCUT2D eigenvalue weighted by Crippen LogP contribution is -2.15. The fraction of sp³-hybridized carbons (Fsp3) is 0.412. The SMILES string of the molecule is COc1ccc(CNC2CC2)cc1OCCc1cccs1. The molecule has 112 valence electrons. The summed E-state index contributed by atoms with van der Waals surface area (Å²) < 4.78 is 11.3. The van der Waals surface area contributed by atoms with Crippen molar-refractivity contribution in [3.63, 3.8) is 0 Å². The zero-order valence-electron chi connectivity index (χ0n) is 12.3. The molecule has 0 unspecified atom stereocenters. The van der Waals surface area contributed by atoms with Crippen molar-refractivity contribution in [2.75, 3.05) is 13.7 Å². The van der Waals surface area contributed by atoms with Crippen LogP contribution in [0.1, 0.15) is 23.3 Å². The van der Waals surface area contributed by atoms with Crippen LogP contribution in [-0.4, -0.2) is 19.8 Å². The summed E-state index contributed by atoms with van der Waals surface area (Å²) in [4.78, 5) is 1.35. The Bertz CT molecular complexity index is 564. The minimum Gasteiger partial charge on any atom is -0.493 e. The second kappa shape index (κ2) is 6.96. The van der Waals surface area contributed by atoms with Gasteiger partial charge in [-0.05, 0) is 42.0 Å². The Morgan fingerprint density at radius 2 is 2.14 bits per heavy atom. The maximum atomic E-state index is 5.92. The van der Waals surface area contributed by atoms with E-state index >= 15 is 0 Å². The summed E-state index contributed by atoms with van der Waals surface area (Å²) in [5.41, 5.74) is 1.24. The molecule has 0 spiro atoms. The molecule has 3 rings (SSSR count). The Kier molecular flexibility index (Phi) is 4.78. The van der Waals surface area contributed by atoms with Gasteiger partial charge in [-0.1, -0.05) is 12.1 Å². The highest BCUT2D eigenvalue weighted by Crippen LogP contribution is 2.29. The number of nitrogens with one attached hydrogen (secondary N) is 1. The van der Waals surface area contributed by atoms with Crippen LogP contribution in [0, 0.1) is 0 Å². The van der Waals surface area contributed by atoms with E-state index in [0.717, 1.165) is 30.5 Å². The molecule has 3 nitrogen and oxygen atoms in total. The maximum absolute atomic E-state index is 5.92. The summed E-state index contributed by atoms with van der Waals surface area (Å²) in [6, 6.07) is 11.1. The molecule has 0 atom stereocenters. The first-order valence-electron chi connectivity index (χ1n) is 7.40. The summed E-state index contributed by atoms with van der Waals surface area (Å²) in [5.74, 6) is 1.64. The summed E-state index contributed by atoms with van der Waals surface area (Å²) >= 11 is 1.77. The summed E-state index contributed by atoms with van der Waals surface area (Å²) in [6.45, 7) is 1.58. The van der Waals surface area contributed by atoms with Crippen LogP contribution in [0.15, 0.2) is 35.7 Å². The van der Waals surface area contributed by atoms with E-state index in [1.54, 1.807) is 18.4 Å². The smallest absolute Gasteiger partial charge is 0.161 e. The monoisotopic (exact) mass is 303 g/mol. The van der Waals surface area contributed by atoms with Crippen molar-refractivity contribution in [3.05, 3.63) is 46.2 Å². The highest BCUT2D eigenvalue weighted by molar-refractivity contribution is 7.09. The lowest BCUT2D eigenvalue weighted by molar-refractivity contribution is 0.298. The number of ether oxygens (including phenoxy) is 2. The second-order valence-corrected chi connectivity index (χ2v) is 6.35. The summed E-state index contributed by atoms with van der Waals surface area (Å²) in [7, 11) is 1.68. The highest BCUT2D eigenvalue weighted by Gasteiger charge is 2.20. The topological polar surface area (TPSA) is 30.5 Å². The second-order valence-electron chi connectivity index (χ2n) is 5.32. The number of hydrogen-bond acceptors (Lipinski definition) is 4. The predicted octanol–water partition coefficient (Wildman–Crippen LogP) is 3.63. The fourth-order valence-corrected chi connectivity index (χ4v) is 2.90. The molecule has 0 amide bonds. The van der Waals surface area contributed by atoms with Crippen LogP contribution in [0.3, 0.4) is 0 Å². The zero-order valence-corrected chi connectivity index (χ0v) is 13.1. The molecule has 4 heteroatoms. The molecule has 0 bridgehead atoms. The first-order valence-corrected chi connectivity index (χ1v) is 8.28. The third kappa shape index (κ3) is 4.22. The van der Waals surface area contributed by atoms with Crippen LogP contribution in [0.5, 0.6) is 11.5 Å². The standard InChI is InChI=1S/C17H21NO2S/c1-19-16-7-4-13(12-18-14-5-6-14)11-17(16)20-9-8-15-3-2-10-21-15/h2-4,7,10-11,14,18H,5-6,8-9,12H2,1H3. The molecule has 21 heavy (non-hydrogen) atoms. The average molecular weight is 303 g/mol.